The highest BCUT2D eigenvalue weighted by Crippen LogP contribution is 2.36. The molecule has 3 rings (SSSR count). The molecule has 0 aliphatic carbocycles. The topological polar surface area (TPSA) is 55.6 Å². The third kappa shape index (κ3) is 4.74. The fourth-order valence-corrected chi connectivity index (χ4v) is 2.98. The molecule has 0 aromatic heterocycles. The Kier molecular flexibility index (Phi) is 4.46. The Labute approximate surface area is 166 Å². The van der Waals surface area contributed by atoms with Crippen LogP contribution in [0.15, 0.2) is 48.5 Å². The monoisotopic (exact) mass is 370 g/mol. The molecule has 1 aliphatic heterocycles. The highest BCUT2D eigenvalue weighted by molar-refractivity contribution is 5.72. The highest BCUT2D eigenvalue weighted by atomic mass is 16.6. The first kappa shape index (κ1) is 14.4. The highest BCUT2D eigenvalue weighted by Gasteiger charge is 2.22. The van der Waals surface area contributed by atoms with Crippen molar-refractivity contribution in [2.24, 2.45) is 0 Å². The molecule has 1 aliphatic rings. The smallest absolute Gasteiger partial charge is 0.311 e. The molecule has 0 spiro atoms. The summed E-state index contributed by atoms with van der Waals surface area (Å²) < 4.78 is 39.9. The van der Waals surface area contributed by atoms with Gasteiger partial charge in [-0.05, 0) is 55.5 Å². The number of nitrogens with zero attached hydrogens (tertiary/aromatic N) is 2. The summed E-state index contributed by atoms with van der Waals surface area (Å²) in [5, 5.41) is 11.5. The summed E-state index contributed by atoms with van der Waals surface area (Å²) >= 11 is 0. The number of nitro benzene ring substituents is 1. The summed E-state index contributed by atoms with van der Waals surface area (Å²) in [6, 6.07) is 12.1. The van der Waals surface area contributed by atoms with E-state index in [1.54, 1.807) is 20.8 Å². The lowest BCUT2D eigenvalue weighted by atomic mass is 9.94. The second-order valence-corrected chi connectivity index (χ2v) is 6.76. The lowest BCUT2D eigenvalue weighted by Gasteiger charge is -2.27. The SMILES string of the molecule is [2H]C1([2H])C=C(c2cc(OC(C)C)c([N+](=O)[O-])cc2C)CC([2H])([2H])N1Cc1ccccc1. The number of hydrogen-bond donors (Lipinski definition) is 0. The van der Waals surface area contributed by atoms with Crippen LogP contribution in [0, 0.1) is 17.0 Å². The van der Waals surface area contributed by atoms with E-state index < -0.39 is 17.9 Å². The Bertz CT molecular complexity index is 1010. The predicted octanol–water partition coefficient (Wildman–Crippen LogP) is 4.98. The molecule has 2 aromatic rings. The van der Waals surface area contributed by atoms with Crippen molar-refractivity contribution in [1.29, 1.82) is 0 Å². The molecule has 2 aromatic carbocycles. The molecule has 0 saturated carbocycles. The number of ether oxygens (including phenoxy) is 1. The van der Waals surface area contributed by atoms with Gasteiger partial charge in [-0.25, -0.2) is 0 Å². The third-order valence-corrected chi connectivity index (χ3v) is 4.25. The number of aryl methyl sites for hydroxylation is 1. The molecule has 0 amide bonds. The van der Waals surface area contributed by atoms with Gasteiger partial charge in [0.1, 0.15) is 0 Å². The van der Waals surface area contributed by atoms with E-state index in [-0.39, 0.29) is 30.5 Å². The van der Waals surface area contributed by atoms with E-state index in [0.717, 1.165) is 5.56 Å². The van der Waals surface area contributed by atoms with Gasteiger partial charge < -0.3 is 4.74 Å². The van der Waals surface area contributed by atoms with Gasteiger partial charge in [-0.2, -0.15) is 0 Å². The maximum atomic E-state index is 11.5. The van der Waals surface area contributed by atoms with Crippen molar-refractivity contribution in [1.82, 2.24) is 4.90 Å². The van der Waals surface area contributed by atoms with Crippen LogP contribution >= 0.6 is 0 Å². The van der Waals surface area contributed by atoms with Crippen LogP contribution in [0.25, 0.3) is 5.57 Å². The molecule has 0 N–H and O–H groups in total. The van der Waals surface area contributed by atoms with E-state index >= 15 is 0 Å². The average molecular weight is 370 g/mol. The minimum absolute atomic E-state index is 0.0564. The number of hydrogen-bond acceptors (Lipinski definition) is 4. The Morgan fingerprint density at radius 3 is 2.67 bits per heavy atom. The van der Waals surface area contributed by atoms with Gasteiger partial charge in [0, 0.05) is 31.1 Å². The van der Waals surface area contributed by atoms with E-state index in [4.69, 9.17) is 10.2 Å². The van der Waals surface area contributed by atoms with E-state index in [1.807, 2.05) is 30.3 Å². The first-order chi connectivity index (χ1) is 14.4. The van der Waals surface area contributed by atoms with Gasteiger partial charge in [0.15, 0.2) is 5.75 Å². The van der Waals surface area contributed by atoms with Crippen LogP contribution in [0.2, 0.25) is 0 Å². The van der Waals surface area contributed by atoms with Crippen molar-refractivity contribution in [3.63, 3.8) is 0 Å². The zero-order valence-electron chi connectivity index (χ0n) is 19.7. The fraction of sp³-hybridized carbons (Fsp3) is 0.364. The van der Waals surface area contributed by atoms with Crippen molar-refractivity contribution >= 4 is 11.3 Å². The predicted molar refractivity (Wildman–Crippen MR) is 108 cm³/mol. The van der Waals surface area contributed by atoms with Crippen molar-refractivity contribution in [3.05, 3.63) is 75.3 Å². The van der Waals surface area contributed by atoms with Gasteiger partial charge in [0.2, 0.25) is 0 Å². The van der Waals surface area contributed by atoms with Gasteiger partial charge in [-0.15, -0.1) is 0 Å². The summed E-state index contributed by atoms with van der Waals surface area (Å²) in [6.45, 7) is 1.33. The van der Waals surface area contributed by atoms with E-state index in [1.165, 1.54) is 23.1 Å². The maximum absolute atomic E-state index is 11.5. The molecule has 0 atom stereocenters. The quantitative estimate of drug-likeness (QED) is 0.531. The van der Waals surface area contributed by atoms with Crippen molar-refractivity contribution in [3.8, 4) is 5.75 Å². The molecule has 5 nitrogen and oxygen atoms in total. The fourth-order valence-electron chi connectivity index (χ4n) is 2.98. The number of rotatable bonds is 6. The Morgan fingerprint density at radius 1 is 1.30 bits per heavy atom. The second kappa shape index (κ2) is 8.35. The van der Waals surface area contributed by atoms with Crippen LogP contribution in [-0.4, -0.2) is 28.9 Å². The largest absolute Gasteiger partial charge is 0.484 e. The van der Waals surface area contributed by atoms with Gasteiger partial charge >= 0.3 is 5.69 Å². The minimum atomic E-state index is -2.06. The molecule has 0 radical (unpaired) electrons. The Morgan fingerprint density at radius 2 is 2.04 bits per heavy atom. The zero-order chi connectivity index (χ0) is 23.0. The van der Waals surface area contributed by atoms with E-state index in [0.29, 0.717) is 16.7 Å². The minimum Gasteiger partial charge on any atom is -0.484 e. The van der Waals surface area contributed by atoms with Crippen molar-refractivity contribution in [2.75, 3.05) is 13.0 Å². The molecule has 0 bridgehead atoms. The standard InChI is InChI=1S/C22H26N2O3/c1-16(2)27-22-14-20(17(3)13-21(22)24(25)26)19-9-11-23(12-10-19)15-18-7-5-4-6-8-18/h4-9,13-14,16H,10-12,15H2,1-3H3/i11D2,12D2. The van der Waals surface area contributed by atoms with Crippen LogP contribution in [0.3, 0.4) is 0 Å². The number of nitro groups is 1. The molecule has 0 unspecified atom stereocenters. The molecular formula is C22H26N2O3. The molecule has 27 heavy (non-hydrogen) atoms. The Balaban J connectivity index is 2.05. The third-order valence-electron chi connectivity index (χ3n) is 4.25. The van der Waals surface area contributed by atoms with E-state index in [2.05, 4.69) is 0 Å². The molecule has 5 heteroatoms. The van der Waals surface area contributed by atoms with Crippen molar-refractivity contribution in [2.45, 2.75) is 39.8 Å². The van der Waals surface area contributed by atoms with Crippen LogP contribution in [-0.2, 0) is 6.54 Å². The summed E-state index contributed by atoms with van der Waals surface area (Å²) in [7, 11) is 0. The lowest BCUT2D eigenvalue weighted by Crippen LogP contribution is -2.28. The molecule has 142 valence electrons. The second-order valence-electron chi connectivity index (χ2n) is 6.76. The summed E-state index contributed by atoms with van der Waals surface area (Å²) in [5.74, 6) is 0.0920. The molecule has 0 saturated heterocycles. The van der Waals surface area contributed by atoms with Gasteiger partial charge in [0.25, 0.3) is 0 Å². The average Bonchev–Trinajstić information content (AvgIpc) is 2.65. The summed E-state index contributed by atoms with van der Waals surface area (Å²) in [5.41, 5.74) is 2.22. The first-order valence-electron chi connectivity index (χ1n) is 10.9. The zero-order valence-corrected chi connectivity index (χ0v) is 15.7. The van der Waals surface area contributed by atoms with Crippen LogP contribution in [0.1, 0.15) is 42.4 Å². The summed E-state index contributed by atoms with van der Waals surface area (Å²) in [6.07, 6.45) is 1.07. The maximum Gasteiger partial charge on any atom is 0.311 e. The molecule has 1 heterocycles. The lowest BCUT2D eigenvalue weighted by molar-refractivity contribution is -0.386. The molecular weight excluding hydrogens is 340 g/mol. The molecule has 0 fully saturated rings. The Hall–Kier alpha value is -2.66. The van der Waals surface area contributed by atoms with Crippen LogP contribution in [0.5, 0.6) is 5.75 Å². The normalized spacial score (nSPS) is 20.8. The van der Waals surface area contributed by atoms with Gasteiger partial charge in [-0.3, -0.25) is 15.0 Å². The van der Waals surface area contributed by atoms with E-state index in [9.17, 15) is 10.1 Å². The van der Waals surface area contributed by atoms with Crippen molar-refractivity contribution < 1.29 is 15.1 Å². The number of benzene rings is 2. The summed E-state index contributed by atoms with van der Waals surface area (Å²) in [4.78, 5) is 12.1. The van der Waals surface area contributed by atoms with Gasteiger partial charge in [-0.1, -0.05) is 36.4 Å². The first-order valence-corrected chi connectivity index (χ1v) is 8.90. The van der Waals surface area contributed by atoms with Crippen LogP contribution in [0.4, 0.5) is 5.69 Å². The van der Waals surface area contributed by atoms with Crippen LogP contribution < -0.4 is 4.74 Å². The van der Waals surface area contributed by atoms with Gasteiger partial charge in [0.05, 0.1) is 11.0 Å².